The minimum Gasteiger partial charge on any atom is -0.465 e. The van der Waals surface area contributed by atoms with E-state index >= 15 is 0 Å². The average Bonchev–Trinajstić information content (AvgIpc) is 2.76. The Balaban J connectivity index is 2.51. The van der Waals surface area contributed by atoms with Gasteiger partial charge < -0.3 is 19.0 Å². The zero-order valence-electron chi connectivity index (χ0n) is 13.4. The predicted octanol–water partition coefficient (Wildman–Crippen LogP) is 1.59. The third-order valence-electron chi connectivity index (χ3n) is 2.94. The summed E-state index contributed by atoms with van der Waals surface area (Å²) in [6.45, 7) is 6.83. The Kier molecular flexibility index (Phi) is 6.87. The first-order chi connectivity index (χ1) is 9.83. The number of methoxy groups -OCH3 is 1. The number of carbonyl (C=O) groups is 1. The van der Waals surface area contributed by atoms with Crippen LogP contribution in [0.4, 0.5) is 0 Å². The molecule has 0 saturated heterocycles. The minimum absolute atomic E-state index is 0.0975. The molecule has 1 rings (SSSR count). The van der Waals surface area contributed by atoms with Gasteiger partial charge in [0.25, 0.3) is 0 Å². The normalized spacial score (nSPS) is 13.0. The average molecular weight is 299 g/mol. The van der Waals surface area contributed by atoms with Gasteiger partial charge in [-0.05, 0) is 33.9 Å². The number of hydrogen-bond acceptors (Lipinski definition) is 6. The van der Waals surface area contributed by atoms with E-state index in [1.807, 2.05) is 25.8 Å². The molecular formula is C15H25NO5. The number of esters is 1. The van der Waals surface area contributed by atoms with Crippen molar-refractivity contribution in [2.45, 2.75) is 39.5 Å². The van der Waals surface area contributed by atoms with Crippen LogP contribution in [-0.2, 0) is 16.0 Å². The molecule has 1 atom stereocenters. The number of likely N-dealkylation sites (N-methyl/N-ethyl adjacent to an activating group) is 1. The molecule has 0 fully saturated rings. The van der Waals surface area contributed by atoms with Gasteiger partial charge in [-0.1, -0.05) is 0 Å². The maximum Gasteiger partial charge on any atom is 0.341 e. The Hall–Kier alpha value is -1.37. The van der Waals surface area contributed by atoms with E-state index in [0.717, 1.165) is 0 Å². The lowest BCUT2D eigenvalue weighted by atomic mass is 10.2. The van der Waals surface area contributed by atoms with Crippen LogP contribution < -0.4 is 0 Å². The molecule has 0 aliphatic heterocycles. The first-order valence-corrected chi connectivity index (χ1v) is 6.99. The second-order valence-corrected chi connectivity index (χ2v) is 5.41. The number of aliphatic hydroxyl groups is 1. The van der Waals surface area contributed by atoms with Gasteiger partial charge in [-0.2, -0.15) is 0 Å². The van der Waals surface area contributed by atoms with Crippen molar-refractivity contribution in [3.05, 3.63) is 23.2 Å². The molecule has 21 heavy (non-hydrogen) atoms. The van der Waals surface area contributed by atoms with Crippen molar-refractivity contribution < 1.29 is 23.8 Å². The number of ether oxygens (including phenoxy) is 2. The lowest BCUT2D eigenvalue weighted by Crippen LogP contribution is -2.32. The zero-order valence-corrected chi connectivity index (χ0v) is 13.4. The molecule has 0 amide bonds. The lowest BCUT2D eigenvalue weighted by molar-refractivity contribution is -0.00691. The number of hydrogen-bond donors (Lipinski definition) is 1. The van der Waals surface area contributed by atoms with Crippen molar-refractivity contribution in [1.29, 1.82) is 0 Å². The van der Waals surface area contributed by atoms with E-state index in [1.165, 1.54) is 7.11 Å². The highest BCUT2D eigenvalue weighted by molar-refractivity contribution is 5.90. The van der Waals surface area contributed by atoms with Crippen LogP contribution >= 0.6 is 0 Å². The molecule has 0 bridgehead atoms. The van der Waals surface area contributed by atoms with Crippen LogP contribution in [0.1, 0.15) is 35.7 Å². The number of aliphatic hydroxyl groups excluding tert-OH is 1. The van der Waals surface area contributed by atoms with Crippen LogP contribution in [0.25, 0.3) is 0 Å². The summed E-state index contributed by atoms with van der Waals surface area (Å²) in [5, 5.41) is 9.86. The molecule has 1 heterocycles. The van der Waals surface area contributed by atoms with Crippen molar-refractivity contribution >= 4 is 5.97 Å². The minimum atomic E-state index is -0.562. The molecule has 1 aromatic rings. The summed E-state index contributed by atoms with van der Waals surface area (Å²) >= 11 is 0. The second-order valence-electron chi connectivity index (χ2n) is 5.41. The van der Waals surface area contributed by atoms with Gasteiger partial charge >= 0.3 is 5.97 Å². The SMILES string of the molecule is COC(=O)c1cc(CN(C)CC(O)COC(C)C)oc1C. The van der Waals surface area contributed by atoms with E-state index in [1.54, 1.807) is 13.0 Å². The molecule has 6 nitrogen and oxygen atoms in total. The van der Waals surface area contributed by atoms with Crippen molar-refractivity contribution in [2.24, 2.45) is 0 Å². The van der Waals surface area contributed by atoms with E-state index < -0.39 is 12.1 Å². The highest BCUT2D eigenvalue weighted by Gasteiger charge is 2.17. The maximum atomic E-state index is 11.5. The van der Waals surface area contributed by atoms with Crippen molar-refractivity contribution in [3.63, 3.8) is 0 Å². The summed E-state index contributed by atoms with van der Waals surface area (Å²) in [6.07, 6.45) is -0.464. The van der Waals surface area contributed by atoms with E-state index in [4.69, 9.17) is 9.15 Å². The largest absolute Gasteiger partial charge is 0.465 e. The molecular weight excluding hydrogens is 274 g/mol. The third-order valence-corrected chi connectivity index (χ3v) is 2.94. The van der Waals surface area contributed by atoms with Crippen molar-refractivity contribution in [2.75, 3.05) is 27.3 Å². The van der Waals surface area contributed by atoms with E-state index in [0.29, 0.717) is 36.8 Å². The van der Waals surface area contributed by atoms with Crippen LogP contribution in [0.15, 0.2) is 10.5 Å². The van der Waals surface area contributed by atoms with Crippen LogP contribution in [0.3, 0.4) is 0 Å². The number of nitrogens with zero attached hydrogens (tertiary/aromatic N) is 1. The molecule has 0 aromatic carbocycles. The first-order valence-electron chi connectivity index (χ1n) is 6.99. The van der Waals surface area contributed by atoms with Gasteiger partial charge in [-0.3, -0.25) is 4.90 Å². The molecule has 0 aliphatic carbocycles. The number of furan rings is 1. The highest BCUT2D eigenvalue weighted by Crippen LogP contribution is 2.17. The molecule has 6 heteroatoms. The topological polar surface area (TPSA) is 72.1 Å². The van der Waals surface area contributed by atoms with Gasteiger partial charge in [0, 0.05) is 6.54 Å². The predicted molar refractivity (Wildman–Crippen MR) is 78.2 cm³/mol. The molecule has 0 aliphatic rings. The van der Waals surface area contributed by atoms with E-state index in [-0.39, 0.29) is 6.10 Å². The Labute approximate surface area is 125 Å². The van der Waals surface area contributed by atoms with Gasteiger partial charge in [0.1, 0.15) is 17.1 Å². The maximum absolute atomic E-state index is 11.5. The molecule has 0 saturated carbocycles. The van der Waals surface area contributed by atoms with Crippen LogP contribution in [0.5, 0.6) is 0 Å². The van der Waals surface area contributed by atoms with Crippen molar-refractivity contribution in [1.82, 2.24) is 4.90 Å². The summed E-state index contributed by atoms with van der Waals surface area (Å²) in [7, 11) is 3.21. The Morgan fingerprint density at radius 2 is 2.14 bits per heavy atom. The third kappa shape index (κ3) is 5.87. The summed E-state index contributed by atoms with van der Waals surface area (Å²) < 4.78 is 15.6. The molecule has 1 aromatic heterocycles. The van der Waals surface area contributed by atoms with Crippen LogP contribution in [0.2, 0.25) is 0 Å². The summed E-state index contributed by atoms with van der Waals surface area (Å²) in [5.74, 6) is 0.789. The second kappa shape index (κ2) is 8.17. The molecule has 0 spiro atoms. The summed E-state index contributed by atoms with van der Waals surface area (Å²) in [5.41, 5.74) is 0.435. The standard InChI is InChI=1S/C15H25NO5/c1-10(2)20-9-12(17)7-16(4)8-13-6-14(11(3)21-13)15(18)19-5/h6,10,12,17H,7-9H2,1-5H3. The van der Waals surface area contributed by atoms with Gasteiger partial charge in [0.15, 0.2) is 0 Å². The van der Waals surface area contributed by atoms with Crippen molar-refractivity contribution in [3.8, 4) is 0 Å². The Bertz CT molecular complexity index is 455. The molecule has 1 N–H and O–H groups in total. The summed E-state index contributed by atoms with van der Waals surface area (Å²) in [6, 6.07) is 1.68. The van der Waals surface area contributed by atoms with Crippen LogP contribution in [0, 0.1) is 6.92 Å². The Morgan fingerprint density at radius 1 is 1.48 bits per heavy atom. The number of carbonyl (C=O) groups excluding carboxylic acids is 1. The molecule has 120 valence electrons. The smallest absolute Gasteiger partial charge is 0.341 e. The van der Waals surface area contributed by atoms with E-state index in [2.05, 4.69) is 4.74 Å². The fraction of sp³-hybridized carbons (Fsp3) is 0.667. The quantitative estimate of drug-likeness (QED) is 0.735. The Morgan fingerprint density at radius 3 is 2.71 bits per heavy atom. The zero-order chi connectivity index (χ0) is 16.0. The fourth-order valence-electron chi connectivity index (χ4n) is 1.98. The van der Waals surface area contributed by atoms with Gasteiger partial charge in [0.05, 0.1) is 32.5 Å². The first kappa shape index (κ1) is 17.7. The number of rotatable bonds is 8. The van der Waals surface area contributed by atoms with Gasteiger partial charge in [0.2, 0.25) is 0 Å². The monoisotopic (exact) mass is 299 g/mol. The lowest BCUT2D eigenvalue weighted by Gasteiger charge is -2.20. The highest BCUT2D eigenvalue weighted by atomic mass is 16.5. The van der Waals surface area contributed by atoms with E-state index in [9.17, 15) is 9.90 Å². The van der Waals surface area contributed by atoms with Gasteiger partial charge in [-0.15, -0.1) is 0 Å². The number of aryl methyl sites for hydroxylation is 1. The van der Waals surface area contributed by atoms with Gasteiger partial charge in [-0.25, -0.2) is 4.79 Å². The molecule has 0 radical (unpaired) electrons. The fourth-order valence-corrected chi connectivity index (χ4v) is 1.98. The van der Waals surface area contributed by atoms with Crippen LogP contribution in [-0.4, -0.2) is 55.5 Å². The summed E-state index contributed by atoms with van der Waals surface area (Å²) in [4.78, 5) is 13.4. The molecule has 1 unspecified atom stereocenters.